The molecule has 5 rings (SSSR count). The van der Waals surface area contributed by atoms with Gasteiger partial charge >= 0.3 is 0 Å². The van der Waals surface area contributed by atoms with Crippen molar-refractivity contribution in [3.8, 4) is 17.2 Å². The Balaban J connectivity index is 1.55. The maximum Gasteiger partial charge on any atom is 0.259 e. The lowest BCUT2D eigenvalue weighted by atomic mass is 9.71. The average Bonchev–Trinajstić information content (AvgIpc) is 3.25. The molecule has 0 spiro atoms. The number of phenols is 1. The Bertz CT molecular complexity index is 1690. The fraction of sp³-hybridized carbons (Fsp3) is 0.281. The number of aliphatic hydroxyl groups excluding tert-OH is 1. The quantitative estimate of drug-likeness (QED) is 0.189. The monoisotopic (exact) mass is 556 g/mol. The highest BCUT2D eigenvalue weighted by Gasteiger charge is 2.55. The largest absolute Gasteiger partial charge is 0.507 e. The van der Waals surface area contributed by atoms with Crippen LogP contribution in [0.2, 0.25) is 0 Å². The maximum atomic E-state index is 13.9. The number of Topliss-reactive ketones (excluding diaryl/α,β-unsaturated/α-hetero) is 1. The number of amides is 1. The number of nitrogens with one attached hydrogen (secondary N) is 1. The lowest BCUT2D eigenvalue weighted by Gasteiger charge is -2.28. The molecule has 3 aromatic carbocycles. The zero-order valence-corrected chi connectivity index (χ0v) is 23.6. The third-order valence-corrected chi connectivity index (χ3v) is 7.64. The lowest BCUT2D eigenvalue weighted by molar-refractivity contribution is -0.119. The number of aromatic hydroxyl groups is 1. The van der Waals surface area contributed by atoms with Crippen molar-refractivity contribution in [1.29, 1.82) is 0 Å². The number of allylic oxidation sites excluding steroid dienone is 3. The summed E-state index contributed by atoms with van der Waals surface area (Å²) in [5.41, 5.74) is 0.707. The van der Waals surface area contributed by atoms with Gasteiger partial charge in [0.25, 0.3) is 5.91 Å². The van der Waals surface area contributed by atoms with Gasteiger partial charge in [0.1, 0.15) is 40.6 Å². The zero-order valence-electron chi connectivity index (χ0n) is 23.6. The van der Waals surface area contributed by atoms with Gasteiger partial charge < -0.3 is 29.8 Å². The number of oxime groups is 1. The van der Waals surface area contributed by atoms with Crippen LogP contribution in [0.4, 0.5) is 0 Å². The number of carbonyl (C=O) groups is 2. The third-order valence-electron chi connectivity index (χ3n) is 7.64. The molecule has 1 amide bonds. The van der Waals surface area contributed by atoms with Crippen LogP contribution in [-0.2, 0) is 21.6 Å². The fourth-order valence-corrected chi connectivity index (χ4v) is 5.45. The first-order valence-corrected chi connectivity index (χ1v) is 13.4. The van der Waals surface area contributed by atoms with Crippen LogP contribution in [0.3, 0.4) is 0 Å². The van der Waals surface area contributed by atoms with E-state index < -0.39 is 17.1 Å². The van der Waals surface area contributed by atoms with E-state index in [2.05, 4.69) is 10.5 Å². The van der Waals surface area contributed by atoms with Crippen LogP contribution in [0.15, 0.2) is 70.8 Å². The standard InChI is InChI=1S/C32H32N2O7/c1-6-13-40-34-18(3)26-22(35)15-25-32(4,30(26)37)28-23(36)14-24(39-5)27(29(28)41-25)31(38)33-16-21-17(2)11-12-19-9-7-8-10-20(19)21/h7-12,14-15,35-36H,6,13,16H2,1-5H3,(H,33,38)/b34-18+/t32-/m1/s1. The number of ether oxygens (including phenoxy) is 2. The highest BCUT2D eigenvalue weighted by Crippen LogP contribution is 2.56. The Morgan fingerprint density at radius 1 is 1.17 bits per heavy atom. The van der Waals surface area contributed by atoms with Gasteiger partial charge in [0, 0.05) is 18.7 Å². The van der Waals surface area contributed by atoms with Crippen molar-refractivity contribution in [2.75, 3.05) is 13.7 Å². The molecule has 1 aliphatic heterocycles. The third kappa shape index (κ3) is 4.47. The molecule has 9 nitrogen and oxygen atoms in total. The predicted molar refractivity (Wildman–Crippen MR) is 155 cm³/mol. The molecule has 0 radical (unpaired) electrons. The summed E-state index contributed by atoms with van der Waals surface area (Å²) < 4.78 is 11.5. The molecule has 0 bridgehead atoms. The lowest BCUT2D eigenvalue weighted by Crippen LogP contribution is -2.38. The van der Waals surface area contributed by atoms with Crippen LogP contribution in [0, 0.1) is 6.92 Å². The molecule has 41 heavy (non-hydrogen) atoms. The second-order valence-electron chi connectivity index (χ2n) is 10.3. The number of carbonyl (C=O) groups excluding carboxylic acids is 2. The number of nitrogens with zero attached hydrogens (tertiary/aromatic N) is 1. The summed E-state index contributed by atoms with van der Waals surface area (Å²) in [5.74, 6) is -1.55. The minimum atomic E-state index is -1.53. The van der Waals surface area contributed by atoms with Crippen molar-refractivity contribution in [3.63, 3.8) is 0 Å². The van der Waals surface area contributed by atoms with E-state index in [1.807, 2.05) is 50.2 Å². The molecule has 1 atom stereocenters. The van der Waals surface area contributed by atoms with Gasteiger partial charge in [0.05, 0.1) is 24.0 Å². The molecule has 9 heteroatoms. The van der Waals surface area contributed by atoms with Crippen LogP contribution in [-0.4, -0.2) is 41.3 Å². The number of hydrogen-bond donors (Lipinski definition) is 3. The predicted octanol–water partition coefficient (Wildman–Crippen LogP) is 5.52. The van der Waals surface area contributed by atoms with E-state index in [1.54, 1.807) is 13.8 Å². The minimum absolute atomic E-state index is 0.0121. The number of methoxy groups -OCH3 is 1. The summed E-state index contributed by atoms with van der Waals surface area (Å²) in [7, 11) is 1.38. The molecule has 1 heterocycles. The van der Waals surface area contributed by atoms with Crippen LogP contribution in [0.1, 0.15) is 54.2 Å². The van der Waals surface area contributed by atoms with Crippen LogP contribution in [0.5, 0.6) is 17.2 Å². The Morgan fingerprint density at radius 2 is 1.93 bits per heavy atom. The van der Waals surface area contributed by atoms with Crippen LogP contribution in [0.25, 0.3) is 10.8 Å². The van der Waals surface area contributed by atoms with E-state index in [0.29, 0.717) is 6.61 Å². The molecular weight excluding hydrogens is 524 g/mol. The second kappa shape index (κ2) is 10.6. The first kappa shape index (κ1) is 27.8. The number of aryl methyl sites for hydroxylation is 1. The van der Waals surface area contributed by atoms with Crippen molar-refractivity contribution in [2.45, 2.75) is 46.1 Å². The van der Waals surface area contributed by atoms with Crippen LogP contribution < -0.4 is 14.8 Å². The number of aliphatic hydroxyl groups is 1. The molecule has 3 aromatic rings. The number of rotatable bonds is 8. The molecule has 0 aromatic heterocycles. The Labute approximate surface area is 237 Å². The summed E-state index contributed by atoms with van der Waals surface area (Å²) in [6.07, 6.45) is 2.03. The molecular formula is C32H32N2O7. The number of benzene rings is 3. The van der Waals surface area contributed by atoms with E-state index in [1.165, 1.54) is 19.3 Å². The number of fused-ring (bicyclic) bond motifs is 4. The first-order valence-electron chi connectivity index (χ1n) is 13.4. The smallest absolute Gasteiger partial charge is 0.259 e. The van der Waals surface area contributed by atoms with Gasteiger partial charge in [0.2, 0.25) is 0 Å². The van der Waals surface area contributed by atoms with Crippen molar-refractivity contribution in [3.05, 3.63) is 87.9 Å². The Morgan fingerprint density at radius 3 is 2.66 bits per heavy atom. The minimum Gasteiger partial charge on any atom is -0.507 e. The molecule has 2 aliphatic rings. The summed E-state index contributed by atoms with van der Waals surface area (Å²) in [4.78, 5) is 32.9. The van der Waals surface area contributed by atoms with Gasteiger partial charge in [-0.15, -0.1) is 0 Å². The van der Waals surface area contributed by atoms with Gasteiger partial charge in [-0.2, -0.15) is 0 Å². The molecule has 212 valence electrons. The number of phenolic OH excluding ortho intramolecular Hbond substituents is 1. The topological polar surface area (TPSA) is 127 Å². The normalized spacial score (nSPS) is 18.0. The Hall–Kier alpha value is -4.79. The first-order chi connectivity index (χ1) is 19.6. The highest BCUT2D eigenvalue weighted by molar-refractivity contribution is 6.27. The van der Waals surface area contributed by atoms with Crippen molar-refractivity contribution < 1.29 is 34.1 Å². The van der Waals surface area contributed by atoms with Gasteiger partial charge in [-0.3, -0.25) is 9.59 Å². The molecule has 0 fully saturated rings. The van der Waals surface area contributed by atoms with Crippen LogP contribution >= 0.6 is 0 Å². The molecule has 0 saturated carbocycles. The van der Waals surface area contributed by atoms with E-state index in [0.717, 1.165) is 28.3 Å². The second-order valence-corrected chi connectivity index (χ2v) is 10.3. The van der Waals surface area contributed by atoms with Crippen molar-refractivity contribution in [2.24, 2.45) is 5.16 Å². The zero-order chi connectivity index (χ0) is 29.5. The highest BCUT2D eigenvalue weighted by atomic mass is 16.6. The summed E-state index contributed by atoms with van der Waals surface area (Å²) in [5, 5.41) is 30.9. The Kier molecular flexibility index (Phi) is 7.21. The molecule has 3 N–H and O–H groups in total. The van der Waals surface area contributed by atoms with E-state index in [-0.39, 0.29) is 57.7 Å². The van der Waals surface area contributed by atoms with E-state index in [4.69, 9.17) is 14.3 Å². The van der Waals surface area contributed by atoms with Gasteiger partial charge in [-0.05, 0) is 49.1 Å². The van der Waals surface area contributed by atoms with Gasteiger partial charge in [0.15, 0.2) is 11.5 Å². The van der Waals surface area contributed by atoms with Gasteiger partial charge in [-0.25, -0.2) is 0 Å². The SMILES string of the molecule is CCCO/N=C(\C)C1=C(O)C=C2Oc3c(C(=O)NCc4c(C)ccc5ccccc45)c(OC)cc(O)c3[C@]2(C)C1=O. The number of ketones is 1. The van der Waals surface area contributed by atoms with Crippen molar-refractivity contribution >= 4 is 28.2 Å². The molecule has 0 unspecified atom stereocenters. The molecule has 0 saturated heterocycles. The fourth-order valence-electron chi connectivity index (χ4n) is 5.45. The average molecular weight is 557 g/mol. The van der Waals surface area contributed by atoms with E-state index >= 15 is 0 Å². The van der Waals surface area contributed by atoms with Crippen molar-refractivity contribution in [1.82, 2.24) is 5.32 Å². The molecule has 1 aliphatic carbocycles. The maximum absolute atomic E-state index is 13.9. The summed E-state index contributed by atoms with van der Waals surface area (Å²) in [6, 6.07) is 13.3. The van der Waals surface area contributed by atoms with Gasteiger partial charge in [-0.1, -0.05) is 48.5 Å². The number of hydrogen-bond acceptors (Lipinski definition) is 8. The summed E-state index contributed by atoms with van der Waals surface area (Å²) in [6.45, 7) is 7.61. The summed E-state index contributed by atoms with van der Waals surface area (Å²) >= 11 is 0. The van der Waals surface area contributed by atoms with E-state index in [9.17, 15) is 19.8 Å².